The average molecular weight is 399 g/mol. The van der Waals surface area contributed by atoms with Gasteiger partial charge in [0.15, 0.2) is 0 Å². The van der Waals surface area contributed by atoms with Crippen LogP contribution in [0.15, 0.2) is 48.5 Å². The SMILES string of the molecule is CC(=O)N(CCC(=O)Nc1ccccc1N1CCOCC1)Cc1ccccc1F. The van der Waals surface area contributed by atoms with E-state index in [2.05, 4.69) is 10.2 Å². The molecule has 0 saturated carbocycles. The number of nitrogens with zero attached hydrogens (tertiary/aromatic N) is 2. The summed E-state index contributed by atoms with van der Waals surface area (Å²) in [5.74, 6) is -0.747. The molecule has 0 aromatic heterocycles. The Labute approximate surface area is 170 Å². The van der Waals surface area contributed by atoms with Gasteiger partial charge in [-0.25, -0.2) is 4.39 Å². The van der Waals surface area contributed by atoms with Crippen molar-refractivity contribution in [3.8, 4) is 0 Å². The highest BCUT2D eigenvalue weighted by molar-refractivity contribution is 5.94. The largest absolute Gasteiger partial charge is 0.378 e. The third-order valence-corrected chi connectivity index (χ3v) is 4.90. The van der Waals surface area contributed by atoms with Crippen LogP contribution in [0.25, 0.3) is 0 Å². The Kier molecular flexibility index (Phi) is 7.19. The van der Waals surface area contributed by atoms with Crippen molar-refractivity contribution in [1.82, 2.24) is 4.90 Å². The summed E-state index contributed by atoms with van der Waals surface area (Å²) >= 11 is 0. The number of carbonyl (C=O) groups excluding carboxylic acids is 2. The van der Waals surface area contributed by atoms with Crippen LogP contribution in [0.3, 0.4) is 0 Å². The van der Waals surface area contributed by atoms with Gasteiger partial charge in [0, 0.05) is 45.1 Å². The highest BCUT2D eigenvalue weighted by atomic mass is 19.1. The molecule has 0 unspecified atom stereocenters. The Balaban J connectivity index is 1.60. The van der Waals surface area contributed by atoms with Crippen molar-refractivity contribution in [1.29, 1.82) is 0 Å². The fraction of sp³-hybridized carbons (Fsp3) is 0.364. The van der Waals surface area contributed by atoms with Crippen molar-refractivity contribution in [3.05, 3.63) is 59.9 Å². The number of hydrogen-bond donors (Lipinski definition) is 1. The highest BCUT2D eigenvalue weighted by Crippen LogP contribution is 2.26. The van der Waals surface area contributed by atoms with E-state index in [1.807, 2.05) is 24.3 Å². The topological polar surface area (TPSA) is 61.9 Å². The van der Waals surface area contributed by atoms with E-state index in [1.165, 1.54) is 17.9 Å². The summed E-state index contributed by atoms with van der Waals surface area (Å²) in [5, 5.41) is 2.94. The molecular formula is C22H26FN3O3. The smallest absolute Gasteiger partial charge is 0.226 e. The van der Waals surface area contributed by atoms with Crippen molar-refractivity contribution in [3.63, 3.8) is 0 Å². The van der Waals surface area contributed by atoms with Crippen LogP contribution in [0.1, 0.15) is 18.9 Å². The Morgan fingerprint density at radius 2 is 1.79 bits per heavy atom. The van der Waals surface area contributed by atoms with Gasteiger partial charge >= 0.3 is 0 Å². The van der Waals surface area contributed by atoms with Crippen LogP contribution in [0.2, 0.25) is 0 Å². The van der Waals surface area contributed by atoms with Crippen LogP contribution < -0.4 is 10.2 Å². The van der Waals surface area contributed by atoms with Crippen molar-refractivity contribution in [2.75, 3.05) is 43.1 Å². The summed E-state index contributed by atoms with van der Waals surface area (Å²) in [4.78, 5) is 28.1. The Morgan fingerprint density at radius 3 is 2.52 bits per heavy atom. The monoisotopic (exact) mass is 399 g/mol. The van der Waals surface area contributed by atoms with E-state index >= 15 is 0 Å². The van der Waals surface area contributed by atoms with Gasteiger partial charge in [0.1, 0.15) is 5.82 Å². The number of ether oxygens (including phenoxy) is 1. The number of halogens is 1. The second-order valence-corrected chi connectivity index (χ2v) is 6.95. The van der Waals surface area contributed by atoms with E-state index in [-0.39, 0.29) is 37.1 Å². The molecule has 3 rings (SSSR count). The molecule has 29 heavy (non-hydrogen) atoms. The van der Waals surface area contributed by atoms with Crippen LogP contribution in [-0.4, -0.2) is 49.6 Å². The lowest BCUT2D eigenvalue weighted by atomic mass is 10.2. The summed E-state index contributed by atoms with van der Waals surface area (Å²) < 4.78 is 19.3. The molecule has 1 heterocycles. The maximum Gasteiger partial charge on any atom is 0.226 e. The normalized spacial score (nSPS) is 13.8. The van der Waals surface area contributed by atoms with Crippen molar-refractivity contribution in [2.24, 2.45) is 0 Å². The van der Waals surface area contributed by atoms with Crippen molar-refractivity contribution in [2.45, 2.75) is 19.9 Å². The first-order chi connectivity index (χ1) is 14.0. The first kappa shape index (κ1) is 20.8. The zero-order valence-electron chi connectivity index (χ0n) is 16.6. The first-order valence-electron chi connectivity index (χ1n) is 9.75. The van der Waals surface area contributed by atoms with E-state index in [9.17, 15) is 14.0 Å². The van der Waals surface area contributed by atoms with Gasteiger partial charge in [0.2, 0.25) is 11.8 Å². The first-order valence-corrected chi connectivity index (χ1v) is 9.75. The molecule has 0 aliphatic carbocycles. The van der Waals surface area contributed by atoms with Gasteiger partial charge < -0.3 is 19.9 Å². The average Bonchev–Trinajstić information content (AvgIpc) is 2.73. The Bertz CT molecular complexity index is 853. The maximum atomic E-state index is 13.9. The van der Waals surface area contributed by atoms with Gasteiger partial charge in [-0.2, -0.15) is 0 Å². The number of hydrogen-bond acceptors (Lipinski definition) is 4. The lowest BCUT2D eigenvalue weighted by molar-refractivity contribution is -0.130. The van der Waals surface area contributed by atoms with Gasteiger partial charge in [-0.05, 0) is 18.2 Å². The highest BCUT2D eigenvalue weighted by Gasteiger charge is 2.17. The molecule has 0 radical (unpaired) electrons. The summed E-state index contributed by atoms with van der Waals surface area (Å²) in [6.45, 7) is 4.64. The fourth-order valence-corrected chi connectivity index (χ4v) is 3.29. The van der Waals surface area contributed by atoms with E-state index in [4.69, 9.17) is 4.74 Å². The van der Waals surface area contributed by atoms with Gasteiger partial charge in [0.05, 0.1) is 24.6 Å². The lowest BCUT2D eigenvalue weighted by Gasteiger charge is -2.30. The fourth-order valence-electron chi connectivity index (χ4n) is 3.29. The van der Waals surface area contributed by atoms with Gasteiger partial charge in [-0.3, -0.25) is 9.59 Å². The number of benzene rings is 2. The zero-order valence-corrected chi connectivity index (χ0v) is 16.6. The molecule has 1 N–H and O–H groups in total. The van der Waals surface area contributed by atoms with E-state index in [0.717, 1.165) is 24.5 Å². The zero-order chi connectivity index (χ0) is 20.6. The molecule has 1 fully saturated rings. The second kappa shape index (κ2) is 10.0. The quantitative estimate of drug-likeness (QED) is 0.777. The molecule has 154 valence electrons. The molecule has 0 spiro atoms. The van der Waals surface area contributed by atoms with Crippen molar-refractivity contribution >= 4 is 23.2 Å². The summed E-state index contributed by atoms with van der Waals surface area (Å²) in [5.41, 5.74) is 2.13. The molecule has 1 aliphatic heterocycles. The predicted molar refractivity (Wildman–Crippen MR) is 110 cm³/mol. The number of morpholine rings is 1. The van der Waals surface area contributed by atoms with Crippen molar-refractivity contribution < 1.29 is 18.7 Å². The number of nitrogens with one attached hydrogen (secondary N) is 1. The van der Waals surface area contributed by atoms with E-state index in [0.29, 0.717) is 18.8 Å². The lowest BCUT2D eigenvalue weighted by Crippen LogP contribution is -2.37. The van der Waals surface area contributed by atoms with Crippen LogP contribution >= 0.6 is 0 Å². The summed E-state index contributed by atoms with van der Waals surface area (Å²) in [7, 11) is 0. The molecule has 1 aliphatic rings. The number of carbonyl (C=O) groups is 2. The number of rotatable bonds is 7. The Morgan fingerprint density at radius 1 is 1.10 bits per heavy atom. The summed E-state index contributed by atoms with van der Waals surface area (Å²) in [6, 6.07) is 14.0. The maximum absolute atomic E-state index is 13.9. The molecule has 2 aromatic rings. The molecule has 0 atom stereocenters. The Hall–Kier alpha value is -2.93. The standard InChI is InChI=1S/C22H26FN3O3/c1-17(27)26(16-18-6-2-3-7-19(18)23)11-10-22(28)24-20-8-4-5-9-21(20)25-12-14-29-15-13-25/h2-9H,10-16H2,1H3,(H,24,28). The molecule has 2 aromatic carbocycles. The predicted octanol–water partition coefficient (Wildman–Crippen LogP) is 3.04. The number of amides is 2. The van der Waals surface area contributed by atoms with Crippen LogP contribution in [-0.2, 0) is 20.9 Å². The molecule has 6 nitrogen and oxygen atoms in total. The number of para-hydroxylation sites is 2. The minimum Gasteiger partial charge on any atom is -0.378 e. The van der Waals surface area contributed by atoms with Gasteiger partial charge in [-0.1, -0.05) is 30.3 Å². The summed E-state index contributed by atoms with van der Waals surface area (Å²) in [6.07, 6.45) is 0.130. The molecule has 1 saturated heterocycles. The minimum atomic E-state index is -0.359. The third-order valence-electron chi connectivity index (χ3n) is 4.90. The molecule has 7 heteroatoms. The van der Waals surface area contributed by atoms with Crippen LogP contribution in [0, 0.1) is 5.82 Å². The van der Waals surface area contributed by atoms with Gasteiger partial charge in [-0.15, -0.1) is 0 Å². The third kappa shape index (κ3) is 5.77. The molecule has 0 bridgehead atoms. The van der Waals surface area contributed by atoms with E-state index < -0.39 is 0 Å². The molecular weight excluding hydrogens is 373 g/mol. The van der Waals surface area contributed by atoms with Crippen LogP contribution in [0.5, 0.6) is 0 Å². The minimum absolute atomic E-state index is 0.130. The van der Waals surface area contributed by atoms with Gasteiger partial charge in [0.25, 0.3) is 0 Å². The second-order valence-electron chi connectivity index (χ2n) is 6.95. The van der Waals surface area contributed by atoms with E-state index in [1.54, 1.807) is 18.2 Å². The number of anilines is 2. The van der Waals surface area contributed by atoms with Crippen LogP contribution in [0.4, 0.5) is 15.8 Å². The molecule has 2 amide bonds.